The number of pyridine rings is 4. The lowest BCUT2D eigenvalue weighted by atomic mass is 10.0. The zero-order valence-corrected chi connectivity index (χ0v) is 79.8. The lowest BCUT2D eigenvalue weighted by Gasteiger charge is -2.16. The Bertz CT molecular complexity index is 5740. The normalized spacial score (nSPS) is 10.8. The Morgan fingerprint density at radius 3 is 0.836 bits per heavy atom. The number of amides is 3. The molecule has 0 spiro atoms. The number of nitrogens with one attached hydrogen (secondary N) is 3. The topological polar surface area (TPSA) is 336 Å². The minimum absolute atomic E-state index is 0.00560. The lowest BCUT2D eigenvalue weighted by molar-refractivity contribution is -0.136. The number of carbonyl (C=O) groups excluding carboxylic acids is 3. The molecule has 0 atom stereocenters. The van der Waals surface area contributed by atoms with Crippen molar-refractivity contribution in [2.45, 2.75) is 110 Å². The quantitative estimate of drug-likeness (QED) is 0.0196. The van der Waals surface area contributed by atoms with Crippen LogP contribution in [0.2, 0.25) is 50.5 Å². The third-order valence-corrected chi connectivity index (χ3v) is 21.8. The Morgan fingerprint density at radius 1 is 0.352 bits per heavy atom. The summed E-state index contributed by atoms with van der Waals surface area (Å²) in [5, 5.41) is 19.7. The summed E-state index contributed by atoms with van der Waals surface area (Å²) in [5.74, 6) is 6.55. The van der Waals surface area contributed by atoms with Crippen molar-refractivity contribution in [2.75, 3.05) is 62.1 Å². The number of rotatable bonds is 28. The van der Waals surface area contributed by atoms with Crippen molar-refractivity contribution in [3.05, 3.63) is 290 Å². The van der Waals surface area contributed by atoms with Crippen LogP contribution in [0.1, 0.15) is 124 Å². The summed E-state index contributed by atoms with van der Waals surface area (Å²) in [6.45, 7) is 16.6. The van der Waals surface area contributed by atoms with E-state index in [9.17, 15) is 27.6 Å². The molecular weight excluding hydrogens is 1870 g/mol. The van der Waals surface area contributed by atoms with E-state index in [1.807, 2.05) is 54.6 Å². The number of aromatic nitrogens is 4. The summed E-state index contributed by atoms with van der Waals surface area (Å²) in [4.78, 5) is 62.8. The first-order valence-electron chi connectivity index (χ1n) is 38.9. The number of ether oxygens (including phenoxy) is 8. The van der Waals surface area contributed by atoms with Gasteiger partial charge in [-0.1, -0.05) is 196 Å². The van der Waals surface area contributed by atoms with Crippen molar-refractivity contribution >= 4 is 178 Å². The number of carboxylic acids is 1. The zero-order chi connectivity index (χ0) is 94.0. The number of nitrogens with zero attached hydrogens (tertiary/aromatic N) is 4. The largest absolute Gasteiger partial charge is 0.496 e. The maximum absolute atomic E-state index is 12.4. The number of anilines is 5. The summed E-state index contributed by atoms with van der Waals surface area (Å²) >= 11 is 61.9. The summed E-state index contributed by atoms with van der Waals surface area (Å²) in [7, 11) is 3.12. The second kappa shape index (κ2) is 48.5. The van der Waals surface area contributed by atoms with E-state index in [-0.39, 0.29) is 102 Å². The predicted octanol–water partition coefficient (Wildman–Crippen LogP) is 26.0. The van der Waals surface area contributed by atoms with Crippen molar-refractivity contribution in [3.63, 3.8) is 0 Å². The highest BCUT2D eigenvalue weighted by atomic mass is 35.5. The molecule has 0 unspecified atom stereocenters. The van der Waals surface area contributed by atoms with Crippen molar-refractivity contribution in [1.82, 2.24) is 19.9 Å². The van der Waals surface area contributed by atoms with Crippen LogP contribution in [-0.4, -0.2) is 91.8 Å². The van der Waals surface area contributed by atoms with Crippen molar-refractivity contribution in [1.29, 1.82) is 0 Å². The molecule has 12 aromatic rings. The molecule has 8 aromatic carbocycles. The minimum atomic E-state index is -3.40. The third kappa shape index (κ3) is 31.2. The summed E-state index contributed by atoms with van der Waals surface area (Å²) < 4.78 is 68.2. The second-order valence-electron chi connectivity index (χ2n) is 29.4. The van der Waals surface area contributed by atoms with Gasteiger partial charge in [-0.05, 0) is 192 Å². The van der Waals surface area contributed by atoms with Gasteiger partial charge in [0.1, 0.15) is 62.1 Å². The second-order valence-corrected chi connectivity index (χ2v) is 35.3. The fraction of sp³-hybridized carbons (Fsp3) is 0.226. The van der Waals surface area contributed by atoms with E-state index >= 15 is 0 Å². The van der Waals surface area contributed by atoms with Crippen molar-refractivity contribution in [2.24, 2.45) is 0 Å². The molecule has 35 heteroatoms. The van der Waals surface area contributed by atoms with Crippen LogP contribution in [0, 0.1) is 0 Å². The van der Waals surface area contributed by atoms with E-state index in [2.05, 4.69) is 91.3 Å². The molecule has 0 radical (unpaired) electrons. The Hall–Kier alpha value is -10.9. The van der Waals surface area contributed by atoms with Gasteiger partial charge in [0.05, 0.1) is 94.3 Å². The number of nitrogens with two attached hydrogens (primary N) is 2. The van der Waals surface area contributed by atoms with E-state index < -0.39 is 15.8 Å². The summed E-state index contributed by atoms with van der Waals surface area (Å²) in [6, 6.07) is 47.6. The van der Waals surface area contributed by atoms with Crippen LogP contribution in [0.4, 0.5) is 28.6 Å². The van der Waals surface area contributed by atoms with Gasteiger partial charge < -0.3 is 70.4 Å². The molecule has 8 N–H and O–H groups in total. The molecule has 4 heterocycles. The lowest BCUT2D eigenvalue weighted by Crippen LogP contribution is -2.15. The molecule has 24 nitrogen and oxygen atoms in total. The first kappa shape index (κ1) is 102. The number of benzene rings is 8. The Balaban J connectivity index is 0.000000204. The van der Waals surface area contributed by atoms with Crippen molar-refractivity contribution < 1.29 is 70.6 Å². The van der Waals surface area contributed by atoms with E-state index in [0.717, 1.165) is 62.6 Å². The van der Waals surface area contributed by atoms with Gasteiger partial charge in [-0.2, -0.15) is 0 Å². The molecule has 0 fully saturated rings. The number of carbonyl (C=O) groups is 4. The number of halogens is 10. The van der Waals surface area contributed by atoms with Crippen LogP contribution in [-0.2, 0) is 54.7 Å². The molecule has 0 aliphatic rings. The highest BCUT2D eigenvalue weighted by Gasteiger charge is 2.22. The summed E-state index contributed by atoms with van der Waals surface area (Å²) in [5.41, 5.74) is 19.8. The van der Waals surface area contributed by atoms with E-state index in [1.54, 1.807) is 150 Å². The van der Waals surface area contributed by atoms with Crippen LogP contribution in [0.3, 0.4) is 0 Å². The monoisotopic (exact) mass is 1960 g/mol. The molecule has 0 saturated carbocycles. The number of hydrogen-bond acceptors (Lipinski definition) is 20. The number of hydrogen-bond donors (Lipinski definition) is 6. The van der Waals surface area contributed by atoms with Crippen LogP contribution in [0.5, 0.6) is 69.0 Å². The Labute approximate surface area is 792 Å². The first-order valence-corrected chi connectivity index (χ1v) is 44.6. The molecule has 12 rings (SSSR count). The standard InChI is InChI=1S/C24H24Cl2N2O5S.C23H21Cl3N2O3.C23H23Cl2N3O3.C16H17Cl2NO2.C7H6ClNO2/c1-14(2)18-12-17(6-7-21(18)32-3)33-24-19(25)10-16(11-20(24)26)28-22(29)9-15-5-8-23(27-13-15)34(4,30)31;2*1-13(2)17-11-16(5-6-20(17)30-3)31-23-18(24)9-15(10-19(23)25)28-22(29)8-14-4-7-21(26)27-12-14;1-9(2)12-8-11(4-5-15(12)20-3)21-16-13(17)6-10(19)7-14(16)18;8-6-2-1-5(4-9-6)3-7(10)11/h5-8,10-14H,9H2,1-4H3,(H,28,29);4-7,9-13H,8H2,1-3H3,(H,28,29);4-7,9-13H,8H2,1-3H3,(H2,26,27)(H,28,29);4-9H,19H2,1-3H3;1-2,4H,3H2,(H,10,11). The van der Waals surface area contributed by atoms with Crippen LogP contribution < -0.4 is 65.3 Å². The highest BCUT2D eigenvalue weighted by molar-refractivity contribution is 7.90. The minimum Gasteiger partial charge on any atom is -0.496 e. The van der Waals surface area contributed by atoms with Crippen LogP contribution in [0.25, 0.3) is 0 Å². The SMILES string of the molecule is COc1ccc(Oc2c(Cl)cc(N)cc2Cl)cc1C(C)C.COc1ccc(Oc2c(Cl)cc(NC(=O)Cc3ccc(Cl)nc3)cc2Cl)cc1C(C)C.COc1ccc(Oc2c(Cl)cc(NC(=O)Cc3ccc(N)nc3)cc2Cl)cc1C(C)C.COc1ccc(Oc2c(Cl)cc(NC(=O)Cc3ccc(S(C)(=O)=O)nc3)cc2Cl)cc1C(C)C.O=C(O)Cc1ccc(Cl)nc1. The van der Waals surface area contributed by atoms with E-state index in [1.165, 1.54) is 18.5 Å². The number of carboxylic acid groups (broad SMARTS) is 1. The molecule has 0 saturated heterocycles. The maximum Gasteiger partial charge on any atom is 0.307 e. The van der Waals surface area contributed by atoms with Crippen LogP contribution in [0.15, 0.2) is 200 Å². The number of nitrogen functional groups attached to an aromatic ring is 2. The molecular formula is C93H91Cl10N9O15S. The zero-order valence-electron chi connectivity index (χ0n) is 71.4. The van der Waals surface area contributed by atoms with Gasteiger partial charge in [-0.3, -0.25) is 19.2 Å². The van der Waals surface area contributed by atoms with Crippen LogP contribution >= 0.6 is 116 Å². The molecule has 674 valence electrons. The van der Waals surface area contributed by atoms with Gasteiger partial charge in [0.15, 0.2) is 37.9 Å². The maximum atomic E-state index is 12.4. The van der Waals surface area contributed by atoms with Gasteiger partial charge in [0, 0.05) is 76.0 Å². The average molecular weight is 1960 g/mol. The number of sulfone groups is 1. The summed E-state index contributed by atoms with van der Waals surface area (Å²) in [6.07, 6.45) is 7.26. The van der Waals surface area contributed by atoms with Gasteiger partial charge in [-0.25, -0.2) is 28.4 Å². The van der Waals surface area contributed by atoms with Gasteiger partial charge in [0.2, 0.25) is 17.7 Å². The number of methoxy groups -OCH3 is 4. The average Bonchev–Trinajstić information content (AvgIpc) is 0.781. The fourth-order valence-corrected chi connectivity index (χ4v) is 14.9. The third-order valence-electron chi connectivity index (χ3n) is 18.1. The number of aliphatic carboxylic acids is 1. The van der Waals surface area contributed by atoms with Gasteiger partial charge >= 0.3 is 5.97 Å². The molecule has 0 aliphatic heterocycles. The van der Waals surface area contributed by atoms with Gasteiger partial charge in [0.25, 0.3) is 0 Å². The smallest absolute Gasteiger partial charge is 0.307 e. The Kier molecular flexibility index (Phi) is 38.8. The fourth-order valence-electron chi connectivity index (χ4n) is 11.9. The predicted molar refractivity (Wildman–Crippen MR) is 512 cm³/mol. The molecule has 3 amide bonds. The van der Waals surface area contributed by atoms with Gasteiger partial charge in [-0.15, -0.1) is 0 Å². The molecule has 128 heavy (non-hydrogen) atoms. The van der Waals surface area contributed by atoms with E-state index in [0.29, 0.717) is 106 Å². The Morgan fingerprint density at radius 2 is 0.609 bits per heavy atom. The molecule has 0 aliphatic carbocycles. The molecule has 4 aromatic heterocycles. The highest BCUT2D eigenvalue weighted by Crippen LogP contribution is 2.46. The first-order chi connectivity index (χ1) is 60.6. The van der Waals surface area contributed by atoms with Crippen molar-refractivity contribution in [3.8, 4) is 69.0 Å². The molecule has 0 bridgehead atoms. The van der Waals surface area contributed by atoms with E-state index in [4.69, 9.17) is 170 Å².